The van der Waals surface area contributed by atoms with Crippen LogP contribution < -0.4 is 0 Å². The molecule has 2 aliphatic rings. The molecule has 2 aromatic carbocycles. The molecular formula is C27H32N4O2S. The van der Waals surface area contributed by atoms with Crippen LogP contribution in [0, 0.1) is 0 Å². The molecule has 34 heavy (non-hydrogen) atoms. The Hall–Kier alpha value is -2.61. The van der Waals surface area contributed by atoms with E-state index >= 15 is 0 Å². The van der Waals surface area contributed by atoms with Gasteiger partial charge in [0.2, 0.25) is 0 Å². The van der Waals surface area contributed by atoms with Gasteiger partial charge in [0.15, 0.2) is 5.69 Å². The Balaban J connectivity index is 1.61. The average molecular weight is 477 g/mol. The number of hydrogen-bond donors (Lipinski definition) is 0. The first-order valence-electron chi connectivity index (χ1n) is 12.2. The summed E-state index contributed by atoms with van der Waals surface area (Å²) in [5, 5.41) is 4.93. The van der Waals surface area contributed by atoms with Gasteiger partial charge in [-0.15, -0.1) is 11.8 Å². The van der Waals surface area contributed by atoms with Crippen LogP contribution in [-0.4, -0.2) is 64.9 Å². The summed E-state index contributed by atoms with van der Waals surface area (Å²) in [4.78, 5) is 19.2. The summed E-state index contributed by atoms with van der Waals surface area (Å²) in [6.45, 7) is 9.92. The molecule has 0 saturated carbocycles. The van der Waals surface area contributed by atoms with Crippen molar-refractivity contribution in [3.8, 4) is 16.9 Å². The lowest BCUT2D eigenvalue weighted by Crippen LogP contribution is -2.41. The van der Waals surface area contributed by atoms with Crippen molar-refractivity contribution in [2.24, 2.45) is 0 Å². The Kier molecular flexibility index (Phi) is 7.04. The van der Waals surface area contributed by atoms with E-state index in [2.05, 4.69) is 49.1 Å². The van der Waals surface area contributed by atoms with E-state index in [0.29, 0.717) is 32.0 Å². The molecule has 0 bridgehead atoms. The van der Waals surface area contributed by atoms with Gasteiger partial charge in [0, 0.05) is 41.4 Å². The van der Waals surface area contributed by atoms with E-state index in [1.165, 1.54) is 16.0 Å². The number of thioether (sulfide) groups is 1. The second-order valence-corrected chi connectivity index (χ2v) is 9.76. The van der Waals surface area contributed by atoms with E-state index in [-0.39, 0.29) is 5.91 Å². The molecule has 0 N–H and O–H groups in total. The summed E-state index contributed by atoms with van der Waals surface area (Å²) in [7, 11) is 0. The Morgan fingerprint density at radius 1 is 1.09 bits per heavy atom. The molecule has 1 aromatic heterocycles. The van der Waals surface area contributed by atoms with Gasteiger partial charge in [0.25, 0.3) is 5.91 Å². The van der Waals surface area contributed by atoms with Gasteiger partial charge in [-0.3, -0.25) is 9.69 Å². The van der Waals surface area contributed by atoms with Gasteiger partial charge in [-0.1, -0.05) is 50.2 Å². The Bertz CT molecular complexity index is 1150. The first kappa shape index (κ1) is 23.1. The third-order valence-electron chi connectivity index (χ3n) is 6.58. The minimum atomic E-state index is 0.00883. The number of carbonyl (C=O) groups excluding carboxylic acids is 1. The quantitative estimate of drug-likeness (QED) is 0.488. The van der Waals surface area contributed by atoms with Crippen LogP contribution in [0.3, 0.4) is 0 Å². The molecule has 1 saturated heterocycles. The molecule has 0 radical (unpaired) electrons. The SMILES string of the molecule is CCCN(CC)Cc1cccc2c1SCc1c(C(=O)N3CCOCC3)nn(-c3ccccc3)c1-2. The topological polar surface area (TPSA) is 50.6 Å². The van der Waals surface area contributed by atoms with Crippen LogP contribution in [0.25, 0.3) is 16.9 Å². The van der Waals surface area contributed by atoms with Gasteiger partial charge in [0.05, 0.1) is 24.6 Å². The highest BCUT2D eigenvalue weighted by molar-refractivity contribution is 7.98. The zero-order chi connectivity index (χ0) is 23.5. The lowest BCUT2D eigenvalue weighted by Gasteiger charge is -2.27. The van der Waals surface area contributed by atoms with Crippen LogP contribution in [0.15, 0.2) is 53.4 Å². The predicted octanol–water partition coefficient (Wildman–Crippen LogP) is 4.85. The number of para-hydroxylation sites is 1. The zero-order valence-corrected chi connectivity index (χ0v) is 20.8. The van der Waals surface area contributed by atoms with Crippen molar-refractivity contribution in [2.75, 3.05) is 39.4 Å². The van der Waals surface area contributed by atoms with Gasteiger partial charge in [-0.2, -0.15) is 5.10 Å². The predicted molar refractivity (Wildman–Crippen MR) is 137 cm³/mol. The maximum Gasteiger partial charge on any atom is 0.274 e. The zero-order valence-electron chi connectivity index (χ0n) is 20.0. The molecule has 178 valence electrons. The third-order valence-corrected chi connectivity index (χ3v) is 7.78. The molecule has 0 atom stereocenters. The van der Waals surface area contributed by atoms with Crippen molar-refractivity contribution in [1.29, 1.82) is 0 Å². The minimum Gasteiger partial charge on any atom is -0.378 e. The van der Waals surface area contributed by atoms with E-state index in [4.69, 9.17) is 9.84 Å². The van der Waals surface area contributed by atoms with E-state index in [9.17, 15) is 4.79 Å². The Labute approximate surface area is 205 Å². The van der Waals surface area contributed by atoms with Gasteiger partial charge in [-0.05, 0) is 37.2 Å². The molecular weight excluding hydrogens is 444 g/mol. The number of benzene rings is 2. The molecule has 0 spiro atoms. The molecule has 7 heteroatoms. The normalized spacial score (nSPS) is 15.3. The van der Waals surface area contributed by atoms with Crippen LogP contribution in [0.1, 0.15) is 41.9 Å². The maximum absolute atomic E-state index is 13.5. The first-order valence-corrected chi connectivity index (χ1v) is 13.2. The Morgan fingerprint density at radius 2 is 1.88 bits per heavy atom. The first-order chi connectivity index (χ1) is 16.7. The highest BCUT2D eigenvalue weighted by atomic mass is 32.2. The highest BCUT2D eigenvalue weighted by Gasteiger charge is 2.32. The van der Waals surface area contributed by atoms with Crippen LogP contribution in [0.4, 0.5) is 0 Å². The standard InChI is InChI=1S/C27H32N4O2S/c1-3-13-29(4-2)18-20-9-8-12-22-25-23(19-34-26(20)22)24(27(32)30-14-16-33-17-15-30)28-31(25)21-10-6-5-7-11-21/h5-12H,3-4,13-19H2,1-2H3. The van der Waals surface area contributed by atoms with E-state index in [1.807, 2.05) is 39.5 Å². The summed E-state index contributed by atoms with van der Waals surface area (Å²) in [6.07, 6.45) is 1.15. The molecule has 3 heterocycles. The molecule has 2 aliphatic heterocycles. The van der Waals surface area contributed by atoms with Crippen LogP contribution in [0.2, 0.25) is 0 Å². The number of nitrogens with zero attached hydrogens (tertiary/aromatic N) is 4. The summed E-state index contributed by atoms with van der Waals surface area (Å²) < 4.78 is 7.44. The molecule has 0 aliphatic carbocycles. The number of morpholine rings is 1. The second kappa shape index (κ2) is 10.3. The van der Waals surface area contributed by atoms with E-state index in [1.54, 1.807) is 0 Å². The number of carbonyl (C=O) groups is 1. The van der Waals surface area contributed by atoms with Crippen LogP contribution in [0.5, 0.6) is 0 Å². The lowest BCUT2D eigenvalue weighted by molar-refractivity contribution is 0.0298. The molecule has 0 unspecified atom stereocenters. The maximum atomic E-state index is 13.5. The number of ether oxygens (including phenoxy) is 1. The van der Waals surface area contributed by atoms with Crippen molar-refractivity contribution in [1.82, 2.24) is 19.6 Å². The number of rotatable bonds is 7. The van der Waals surface area contributed by atoms with Gasteiger partial charge in [-0.25, -0.2) is 4.68 Å². The summed E-state index contributed by atoms with van der Waals surface area (Å²) in [5.74, 6) is 0.756. The largest absolute Gasteiger partial charge is 0.378 e. The smallest absolute Gasteiger partial charge is 0.274 e. The third kappa shape index (κ3) is 4.40. The second-order valence-electron chi connectivity index (χ2n) is 8.78. The minimum absolute atomic E-state index is 0.00883. The summed E-state index contributed by atoms with van der Waals surface area (Å²) >= 11 is 1.84. The molecule has 6 nitrogen and oxygen atoms in total. The van der Waals surface area contributed by atoms with Gasteiger partial charge in [0.1, 0.15) is 0 Å². The van der Waals surface area contributed by atoms with Crippen LogP contribution >= 0.6 is 11.8 Å². The van der Waals surface area contributed by atoms with Crippen molar-refractivity contribution in [3.63, 3.8) is 0 Å². The van der Waals surface area contributed by atoms with Gasteiger partial charge < -0.3 is 9.64 Å². The number of hydrogen-bond acceptors (Lipinski definition) is 5. The fraction of sp³-hybridized carbons (Fsp3) is 0.407. The Morgan fingerprint density at radius 3 is 2.62 bits per heavy atom. The summed E-state index contributed by atoms with van der Waals surface area (Å²) in [5.41, 5.74) is 6.17. The molecule has 3 aromatic rings. The number of aromatic nitrogens is 2. The van der Waals surface area contributed by atoms with E-state index in [0.717, 1.165) is 48.8 Å². The molecule has 5 rings (SSSR count). The van der Waals surface area contributed by atoms with Gasteiger partial charge >= 0.3 is 0 Å². The molecule has 1 amide bonds. The monoisotopic (exact) mass is 476 g/mol. The highest BCUT2D eigenvalue weighted by Crippen LogP contribution is 2.45. The number of amides is 1. The lowest BCUT2D eigenvalue weighted by atomic mass is 10.0. The van der Waals surface area contributed by atoms with Crippen LogP contribution in [-0.2, 0) is 17.0 Å². The van der Waals surface area contributed by atoms with Crippen molar-refractivity contribution in [2.45, 2.75) is 37.5 Å². The molecule has 1 fully saturated rings. The number of fused-ring (bicyclic) bond motifs is 3. The fourth-order valence-corrected chi connectivity index (χ4v) is 6.02. The van der Waals surface area contributed by atoms with E-state index < -0.39 is 0 Å². The van der Waals surface area contributed by atoms with Crippen molar-refractivity contribution >= 4 is 17.7 Å². The summed E-state index contributed by atoms with van der Waals surface area (Å²) in [6, 6.07) is 16.7. The average Bonchev–Trinajstić information content (AvgIpc) is 3.29. The van der Waals surface area contributed by atoms with Crippen molar-refractivity contribution < 1.29 is 9.53 Å². The fourth-order valence-electron chi connectivity index (χ4n) is 4.82. The van der Waals surface area contributed by atoms with Crippen molar-refractivity contribution in [3.05, 3.63) is 65.4 Å².